The molecule has 1 amide bonds. The van der Waals surface area contributed by atoms with Crippen molar-refractivity contribution in [3.8, 4) is 0 Å². The summed E-state index contributed by atoms with van der Waals surface area (Å²) in [6, 6.07) is 5.19. The summed E-state index contributed by atoms with van der Waals surface area (Å²) in [5.74, 6) is -0.319. The SMILES string of the molecule is Cc1ccc(C(C)NCCCC(N)=O)cc1[N+](=O)[O-]. The quantitative estimate of drug-likeness (QED) is 0.446. The van der Waals surface area contributed by atoms with Crippen molar-refractivity contribution in [2.24, 2.45) is 5.73 Å². The predicted octanol–water partition coefficient (Wildman–Crippen LogP) is 1.82. The van der Waals surface area contributed by atoms with Crippen LogP contribution in [0.15, 0.2) is 18.2 Å². The highest BCUT2D eigenvalue weighted by Crippen LogP contribution is 2.23. The van der Waals surface area contributed by atoms with Crippen LogP contribution in [0.5, 0.6) is 0 Å². The lowest BCUT2D eigenvalue weighted by Gasteiger charge is -2.14. The van der Waals surface area contributed by atoms with E-state index in [0.29, 0.717) is 24.9 Å². The van der Waals surface area contributed by atoms with Crippen molar-refractivity contribution >= 4 is 11.6 Å². The number of nitrogens with one attached hydrogen (secondary N) is 1. The van der Waals surface area contributed by atoms with Crippen LogP contribution in [-0.4, -0.2) is 17.4 Å². The number of carbonyl (C=O) groups is 1. The van der Waals surface area contributed by atoms with Gasteiger partial charge in [-0.3, -0.25) is 14.9 Å². The number of aryl methyl sites for hydroxylation is 1. The zero-order valence-electron chi connectivity index (χ0n) is 11.2. The minimum Gasteiger partial charge on any atom is -0.370 e. The Hall–Kier alpha value is -1.95. The number of amides is 1. The average molecular weight is 265 g/mol. The Kier molecular flexibility index (Phi) is 5.44. The maximum atomic E-state index is 10.9. The topological polar surface area (TPSA) is 98.3 Å². The molecule has 0 saturated carbocycles. The largest absolute Gasteiger partial charge is 0.370 e. The fourth-order valence-corrected chi connectivity index (χ4v) is 1.79. The number of benzene rings is 1. The highest BCUT2D eigenvalue weighted by Gasteiger charge is 2.13. The lowest BCUT2D eigenvalue weighted by atomic mass is 10.0. The zero-order valence-corrected chi connectivity index (χ0v) is 11.2. The summed E-state index contributed by atoms with van der Waals surface area (Å²) in [7, 11) is 0. The fourth-order valence-electron chi connectivity index (χ4n) is 1.79. The minimum absolute atomic E-state index is 0.00724. The Morgan fingerprint density at radius 3 is 2.79 bits per heavy atom. The standard InChI is InChI=1S/C13H19N3O3/c1-9-5-6-11(8-12(9)16(18)19)10(2)15-7-3-4-13(14)17/h5-6,8,10,15H,3-4,7H2,1-2H3,(H2,14,17). The van der Waals surface area contributed by atoms with Crippen LogP contribution in [-0.2, 0) is 4.79 Å². The molecule has 3 N–H and O–H groups in total. The van der Waals surface area contributed by atoms with E-state index in [9.17, 15) is 14.9 Å². The Labute approximate surface area is 112 Å². The maximum Gasteiger partial charge on any atom is 0.272 e. The van der Waals surface area contributed by atoms with Gasteiger partial charge >= 0.3 is 0 Å². The van der Waals surface area contributed by atoms with E-state index < -0.39 is 0 Å². The fraction of sp³-hybridized carbons (Fsp3) is 0.462. The van der Waals surface area contributed by atoms with Gasteiger partial charge in [-0.1, -0.05) is 12.1 Å². The van der Waals surface area contributed by atoms with Crippen molar-refractivity contribution in [1.29, 1.82) is 0 Å². The third kappa shape index (κ3) is 4.67. The Balaban J connectivity index is 2.62. The number of nitrogens with zero attached hydrogens (tertiary/aromatic N) is 1. The van der Waals surface area contributed by atoms with Crippen LogP contribution < -0.4 is 11.1 Å². The smallest absolute Gasteiger partial charge is 0.272 e. The summed E-state index contributed by atoms with van der Waals surface area (Å²) >= 11 is 0. The first-order valence-electron chi connectivity index (χ1n) is 6.18. The van der Waals surface area contributed by atoms with Crippen LogP contribution in [0.2, 0.25) is 0 Å². The molecule has 0 aliphatic carbocycles. The lowest BCUT2D eigenvalue weighted by molar-refractivity contribution is -0.385. The lowest BCUT2D eigenvalue weighted by Crippen LogP contribution is -2.21. The molecule has 1 unspecified atom stereocenters. The Morgan fingerprint density at radius 2 is 2.21 bits per heavy atom. The molecule has 0 spiro atoms. The van der Waals surface area contributed by atoms with Gasteiger partial charge in [0.2, 0.25) is 5.91 Å². The Bertz CT molecular complexity index is 474. The normalized spacial score (nSPS) is 12.1. The average Bonchev–Trinajstić information content (AvgIpc) is 2.34. The van der Waals surface area contributed by atoms with Gasteiger partial charge in [-0.2, -0.15) is 0 Å². The summed E-state index contributed by atoms with van der Waals surface area (Å²) in [5, 5.41) is 14.1. The van der Waals surface area contributed by atoms with E-state index in [0.717, 1.165) is 5.56 Å². The molecule has 19 heavy (non-hydrogen) atoms. The molecule has 6 heteroatoms. The second-order valence-corrected chi connectivity index (χ2v) is 4.55. The van der Waals surface area contributed by atoms with Crippen molar-refractivity contribution in [2.75, 3.05) is 6.54 Å². The van der Waals surface area contributed by atoms with E-state index in [1.807, 2.05) is 13.0 Å². The number of carbonyl (C=O) groups excluding carboxylic acids is 1. The van der Waals surface area contributed by atoms with Gasteiger partial charge in [0.05, 0.1) is 4.92 Å². The summed E-state index contributed by atoms with van der Waals surface area (Å²) in [4.78, 5) is 21.1. The predicted molar refractivity (Wildman–Crippen MR) is 72.7 cm³/mol. The molecule has 1 rings (SSSR count). The monoisotopic (exact) mass is 265 g/mol. The van der Waals surface area contributed by atoms with E-state index in [1.165, 1.54) is 0 Å². The molecule has 6 nitrogen and oxygen atoms in total. The van der Waals surface area contributed by atoms with Crippen LogP contribution in [0, 0.1) is 17.0 Å². The summed E-state index contributed by atoms with van der Waals surface area (Å²) in [6.45, 7) is 4.29. The van der Waals surface area contributed by atoms with Gasteiger partial charge in [0.15, 0.2) is 0 Å². The summed E-state index contributed by atoms with van der Waals surface area (Å²) < 4.78 is 0. The van der Waals surface area contributed by atoms with E-state index in [-0.39, 0.29) is 22.6 Å². The number of rotatable bonds is 7. The second kappa shape index (κ2) is 6.84. The molecule has 0 aliphatic heterocycles. The first-order valence-corrected chi connectivity index (χ1v) is 6.18. The molecule has 1 atom stereocenters. The summed E-state index contributed by atoms with van der Waals surface area (Å²) in [6.07, 6.45) is 1.00. The molecule has 104 valence electrons. The van der Waals surface area contributed by atoms with E-state index in [1.54, 1.807) is 19.1 Å². The molecule has 1 aromatic rings. The Morgan fingerprint density at radius 1 is 1.53 bits per heavy atom. The van der Waals surface area contributed by atoms with E-state index in [4.69, 9.17) is 5.73 Å². The number of primary amides is 1. The van der Waals surface area contributed by atoms with Crippen molar-refractivity contribution in [1.82, 2.24) is 5.32 Å². The van der Waals surface area contributed by atoms with E-state index >= 15 is 0 Å². The molecule has 0 bridgehead atoms. The third-order valence-electron chi connectivity index (χ3n) is 2.98. The molecular formula is C13H19N3O3. The van der Waals surface area contributed by atoms with Crippen molar-refractivity contribution in [3.63, 3.8) is 0 Å². The van der Waals surface area contributed by atoms with Gasteiger partial charge in [-0.15, -0.1) is 0 Å². The van der Waals surface area contributed by atoms with Gasteiger partial charge in [-0.05, 0) is 32.4 Å². The van der Waals surface area contributed by atoms with Crippen molar-refractivity contribution in [2.45, 2.75) is 32.7 Å². The third-order valence-corrected chi connectivity index (χ3v) is 2.98. The first kappa shape index (κ1) is 15.1. The van der Waals surface area contributed by atoms with Gasteiger partial charge in [0.1, 0.15) is 0 Å². The highest BCUT2D eigenvalue weighted by atomic mass is 16.6. The number of nitrogens with two attached hydrogens (primary N) is 1. The highest BCUT2D eigenvalue weighted by molar-refractivity contribution is 5.73. The molecule has 0 radical (unpaired) electrons. The molecule has 0 aliphatic rings. The zero-order chi connectivity index (χ0) is 14.4. The first-order chi connectivity index (χ1) is 8.91. The number of nitro groups is 1. The van der Waals surface area contributed by atoms with Gasteiger partial charge in [0.25, 0.3) is 5.69 Å². The van der Waals surface area contributed by atoms with Gasteiger partial charge in [0, 0.05) is 24.1 Å². The second-order valence-electron chi connectivity index (χ2n) is 4.55. The number of nitro benzene ring substituents is 1. The van der Waals surface area contributed by atoms with Crippen LogP contribution >= 0.6 is 0 Å². The molecule has 1 aromatic carbocycles. The number of hydrogen-bond donors (Lipinski definition) is 2. The molecule has 0 heterocycles. The van der Waals surface area contributed by atoms with Crippen LogP contribution in [0.1, 0.15) is 36.9 Å². The molecular weight excluding hydrogens is 246 g/mol. The number of hydrogen-bond acceptors (Lipinski definition) is 4. The van der Waals surface area contributed by atoms with Crippen LogP contribution in [0.4, 0.5) is 5.69 Å². The van der Waals surface area contributed by atoms with Gasteiger partial charge in [-0.25, -0.2) is 0 Å². The van der Waals surface area contributed by atoms with Gasteiger partial charge < -0.3 is 11.1 Å². The van der Waals surface area contributed by atoms with E-state index in [2.05, 4.69) is 5.32 Å². The van der Waals surface area contributed by atoms with Crippen LogP contribution in [0.25, 0.3) is 0 Å². The van der Waals surface area contributed by atoms with Crippen molar-refractivity contribution < 1.29 is 9.72 Å². The van der Waals surface area contributed by atoms with Crippen LogP contribution in [0.3, 0.4) is 0 Å². The van der Waals surface area contributed by atoms with Crippen molar-refractivity contribution in [3.05, 3.63) is 39.4 Å². The summed E-state index contributed by atoms with van der Waals surface area (Å²) in [5.41, 5.74) is 6.68. The molecule has 0 saturated heterocycles. The maximum absolute atomic E-state index is 10.9. The minimum atomic E-state index is -0.376. The molecule has 0 aromatic heterocycles. The molecule has 0 fully saturated rings.